The van der Waals surface area contributed by atoms with E-state index in [0.29, 0.717) is 16.4 Å². The maximum Gasteiger partial charge on any atom is 0.350 e. The molecule has 1 heterocycles. The van der Waals surface area contributed by atoms with Crippen molar-refractivity contribution in [2.24, 2.45) is 7.05 Å². The molecule has 0 spiro atoms. The Hall–Kier alpha value is -2.09. The summed E-state index contributed by atoms with van der Waals surface area (Å²) in [6, 6.07) is 3.13. The predicted octanol–water partition coefficient (Wildman–Crippen LogP) is 1.82. The van der Waals surface area contributed by atoms with E-state index in [0.717, 1.165) is 5.56 Å². The largest absolute Gasteiger partial charge is 0.350 e. The molecule has 0 unspecified atom stereocenters. The van der Waals surface area contributed by atoms with E-state index >= 15 is 0 Å². The molecule has 0 aliphatic heterocycles. The van der Waals surface area contributed by atoms with Crippen molar-refractivity contribution in [1.82, 2.24) is 14.3 Å². The minimum Gasteiger partial charge on any atom is -0.258 e. The third-order valence-corrected chi connectivity index (χ3v) is 3.66. The van der Waals surface area contributed by atoms with E-state index in [4.69, 9.17) is 0 Å². The lowest BCUT2D eigenvalue weighted by Crippen LogP contribution is -2.22. The quantitative estimate of drug-likeness (QED) is 0.490. The summed E-state index contributed by atoms with van der Waals surface area (Å²) in [7, 11) is 1.55. The van der Waals surface area contributed by atoms with E-state index in [2.05, 4.69) is 5.10 Å². The molecule has 0 saturated carbocycles. The Kier molecular flexibility index (Phi) is 3.67. The summed E-state index contributed by atoms with van der Waals surface area (Å²) in [5, 5.41) is 15.7. The fourth-order valence-corrected chi connectivity index (χ4v) is 2.61. The van der Waals surface area contributed by atoms with Crippen LogP contribution in [0.4, 0.5) is 5.69 Å². The highest BCUT2D eigenvalue weighted by Crippen LogP contribution is 2.26. The molecule has 106 valence electrons. The number of hydrogen-bond donors (Lipinski definition) is 0. The van der Waals surface area contributed by atoms with Crippen LogP contribution in [-0.2, 0) is 7.05 Å². The molecule has 0 radical (unpaired) electrons. The number of rotatable bonds is 3. The Labute approximate surface area is 119 Å². The minimum atomic E-state index is -0.446. The van der Waals surface area contributed by atoms with Crippen molar-refractivity contribution >= 4 is 17.4 Å². The van der Waals surface area contributed by atoms with Gasteiger partial charge in [-0.05, 0) is 31.7 Å². The predicted molar refractivity (Wildman–Crippen MR) is 76.7 cm³/mol. The molecule has 20 heavy (non-hydrogen) atoms. The molecule has 1 aromatic carbocycles. The van der Waals surface area contributed by atoms with Crippen LogP contribution in [0.1, 0.15) is 11.1 Å². The van der Waals surface area contributed by atoms with Gasteiger partial charge in [-0.1, -0.05) is 11.8 Å². The summed E-state index contributed by atoms with van der Waals surface area (Å²) >= 11 is 1.31. The molecule has 0 N–H and O–H groups in total. The number of thioether (sulfide) groups is 1. The molecule has 0 saturated heterocycles. The molecule has 0 atom stereocenters. The average Bonchev–Trinajstić information content (AvgIpc) is 2.65. The molecule has 0 bridgehead atoms. The summed E-state index contributed by atoms with van der Waals surface area (Å²) in [5.41, 5.74) is 1.52. The molecular weight excluding hydrogens is 280 g/mol. The molecule has 0 amide bonds. The number of aryl methyl sites for hydroxylation is 3. The molecule has 0 aliphatic carbocycles. The SMILES string of the molecule is CSc1nn(C)c(=O)n1-c1cc([N+](=O)[O-])c(C)cc1C. The molecule has 8 heteroatoms. The average molecular weight is 294 g/mol. The number of nitro groups is 1. The second-order valence-electron chi connectivity index (χ2n) is 4.41. The van der Waals surface area contributed by atoms with E-state index < -0.39 is 4.92 Å². The van der Waals surface area contributed by atoms with Gasteiger partial charge in [0.05, 0.1) is 10.6 Å². The Balaban J connectivity index is 2.79. The van der Waals surface area contributed by atoms with Crippen molar-refractivity contribution in [2.45, 2.75) is 19.0 Å². The highest BCUT2D eigenvalue weighted by atomic mass is 32.2. The number of hydrogen-bond acceptors (Lipinski definition) is 5. The van der Waals surface area contributed by atoms with Crippen molar-refractivity contribution in [1.29, 1.82) is 0 Å². The monoisotopic (exact) mass is 294 g/mol. The molecule has 0 fully saturated rings. The van der Waals surface area contributed by atoms with Gasteiger partial charge in [-0.25, -0.2) is 14.0 Å². The Morgan fingerprint density at radius 2 is 1.95 bits per heavy atom. The van der Waals surface area contributed by atoms with Crippen LogP contribution in [0.3, 0.4) is 0 Å². The maximum absolute atomic E-state index is 12.1. The van der Waals surface area contributed by atoms with Crippen molar-refractivity contribution < 1.29 is 4.92 Å². The standard InChI is InChI=1S/C12H14N4O3S/c1-7-5-8(2)10(16(18)19)6-9(7)15-11(20-4)13-14(3)12(15)17/h5-6H,1-4H3. The molecule has 2 rings (SSSR count). The number of nitro benzene ring substituents is 1. The van der Waals surface area contributed by atoms with Crippen LogP contribution < -0.4 is 5.69 Å². The van der Waals surface area contributed by atoms with Gasteiger partial charge in [0.1, 0.15) is 0 Å². The van der Waals surface area contributed by atoms with Crippen molar-refractivity contribution in [3.63, 3.8) is 0 Å². The molecule has 1 aromatic heterocycles. The topological polar surface area (TPSA) is 83.0 Å². The third kappa shape index (κ3) is 2.22. The van der Waals surface area contributed by atoms with Gasteiger partial charge in [0, 0.05) is 18.7 Å². The highest BCUT2D eigenvalue weighted by molar-refractivity contribution is 7.98. The van der Waals surface area contributed by atoms with Gasteiger partial charge in [0.15, 0.2) is 5.16 Å². The number of benzene rings is 1. The van der Waals surface area contributed by atoms with E-state index in [9.17, 15) is 14.9 Å². The summed E-state index contributed by atoms with van der Waals surface area (Å²) in [5.74, 6) is 0. The summed E-state index contributed by atoms with van der Waals surface area (Å²) in [4.78, 5) is 22.8. The molecular formula is C12H14N4O3S. The first-order valence-corrected chi connectivity index (χ1v) is 7.05. The zero-order valence-corrected chi connectivity index (χ0v) is 12.4. The van der Waals surface area contributed by atoms with Gasteiger partial charge in [0.25, 0.3) is 5.69 Å². The van der Waals surface area contributed by atoms with Crippen LogP contribution in [0.2, 0.25) is 0 Å². The van der Waals surface area contributed by atoms with Gasteiger partial charge in [-0.2, -0.15) is 0 Å². The van der Waals surface area contributed by atoms with Gasteiger partial charge < -0.3 is 0 Å². The zero-order valence-electron chi connectivity index (χ0n) is 11.6. The smallest absolute Gasteiger partial charge is 0.258 e. The van der Waals surface area contributed by atoms with Crippen LogP contribution in [-0.4, -0.2) is 25.5 Å². The van der Waals surface area contributed by atoms with E-state index in [1.165, 1.54) is 27.1 Å². The normalized spacial score (nSPS) is 10.8. The first kappa shape index (κ1) is 14.3. The lowest BCUT2D eigenvalue weighted by molar-refractivity contribution is -0.385. The lowest BCUT2D eigenvalue weighted by atomic mass is 10.1. The first-order chi connectivity index (χ1) is 9.36. The fraction of sp³-hybridized carbons (Fsp3) is 0.333. The van der Waals surface area contributed by atoms with Crippen LogP contribution in [0.25, 0.3) is 5.69 Å². The van der Waals surface area contributed by atoms with Crippen molar-refractivity contribution in [3.05, 3.63) is 43.9 Å². The van der Waals surface area contributed by atoms with E-state index in [-0.39, 0.29) is 11.4 Å². The lowest BCUT2D eigenvalue weighted by Gasteiger charge is -2.09. The highest BCUT2D eigenvalue weighted by Gasteiger charge is 2.19. The van der Waals surface area contributed by atoms with Gasteiger partial charge in [0.2, 0.25) is 0 Å². The summed E-state index contributed by atoms with van der Waals surface area (Å²) in [6.45, 7) is 3.49. The van der Waals surface area contributed by atoms with Crippen LogP contribution in [0, 0.1) is 24.0 Å². The second kappa shape index (κ2) is 5.12. The van der Waals surface area contributed by atoms with Gasteiger partial charge in [-0.3, -0.25) is 10.1 Å². The van der Waals surface area contributed by atoms with E-state index in [1.807, 2.05) is 6.92 Å². The minimum absolute atomic E-state index is 0.00611. The number of aromatic nitrogens is 3. The molecule has 2 aromatic rings. The van der Waals surface area contributed by atoms with Crippen molar-refractivity contribution in [2.75, 3.05) is 6.26 Å². The Bertz CT molecular complexity index is 748. The zero-order chi connectivity index (χ0) is 15.0. The third-order valence-electron chi connectivity index (χ3n) is 3.03. The van der Waals surface area contributed by atoms with E-state index in [1.54, 1.807) is 26.3 Å². The maximum atomic E-state index is 12.1. The van der Waals surface area contributed by atoms with Gasteiger partial charge >= 0.3 is 5.69 Å². The van der Waals surface area contributed by atoms with Crippen LogP contribution in [0.15, 0.2) is 22.1 Å². The molecule has 0 aliphatic rings. The summed E-state index contributed by atoms with van der Waals surface area (Å²) in [6.07, 6.45) is 1.80. The second-order valence-corrected chi connectivity index (χ2v) is 5.18. The Morgan fingerprint density at radius 1 is 1.30 bits per heavy atom. The summed E-state index contributed by atoms with van der Waals surface area (Å²) < 4.78 is 2.61. The Morgan fingerprint density at radius 3 is 2.50 bits per heavy atom. The fourth-order valence-electron chi connectivity index (χ4n) is 2.05. The number of nitrogens with zero attached hydrogens (tertiary/aromatic N) is 4. The van der Waals surface area contributed by atoms with Crippen LogP contribution >= 0.6 is 11.8 Å². The van der Waals surface area contributed by atoms with Crippen molar-refractivity contribution in [3.8, 4) is 5.69 Å². The molecule has 7 nitrogen and oxygen atoms in total. The van der Waals surface area contributed by atoms with Gasteiger partial charge in [-0.15, -0.1) is 5.10 Å². The van der Waals surface area contributed by atoms with Crippen LogP contribution in [0.5, 0.6) is 0 Å². The first-order valence-electron chi connectivity index (χ1n) is 5.83.